The largest absolute Gasteiger partial charge is 0.452 e. The van der Waals surface area contributed by atoms with Crippen molar-refractivity contribution in [2.75, 3.05) is 0 Å². The molecule has 1 aliphatic rings. The van der Waals surface area contributed by atoms with Gasteiger partial charge in [-0.2, -0.15) is 0 Å². The van der Waals surface area contributed by atoms with Gasteiger partial charge in [-0.15, -0.1) is 0 Å². The van der Waals surface area contributed by atoms with Crippen LogP contribution in [-0.4, -0.2) is 17.3 Å². The van der Waals surface area contributed by atoms with Gasteiger partial charge in [-0.1, -0.05) is 13.3 Å². The van der Waals surface area contributed by atoms with E-state index in [4.69, 9.17) is 11.6 Å². The molecule has 0 aromatic rings. The Bertz CT molecular complexity index is 190. The fourth-order valence-electron chi connectivity index (χ4n) is 1.13. The molecule has 0 aromatic carbocycles. The highest BCUT2D eigenvalue weighted by Gasteiger charge is 2.45. The zero-order chi connectivity index (χ0) is 8.43. The number of ether oxygens (including phenoxy) is 1. The van der Waals surface area contributed by atoms with Gasteiger partial charge in [0.05, 0.1) is 0 Å². The van der Waals surface area contributed by atoms with E-state index in [2.05, 4.69) is 4.74 Å². The lowest BCUT2D eigenvalue weighted by molar-refractivity contribution is -0.185. The number of cyclic esters (lactones) is 1. The number of hydrogen-bond donors (Lipinski definition) is 0. The standard InChI is InChI=1S/C7H9ClO3/c1-2-3-4-5(6(8)9)11-7(4)10/h4-5H,2-3H2,1H3/t4-,5+/m0/s1. The van der Waals surface area contributed by atoms with E-state index in [1.807, 2.05) is 6.92 Å². The minimum Gasteiger partial charge on any atom is -0.452 e. The Hall–Kier alpha value is -0.570. The van der Waals surface area contributed by atoms with E-state index >= 15 is 0 Å². The molecule has 4 heteroatoms. The third-order valence-electron chi connectivity index (χ3n) is 1.73. The third-order valence-corrected chi connectivity index (χ3v) is 1.95. The molecule has 0 bridgehead atoms. The van der Waals surface area contributed by atoms with Crippen LogP contribution in [0.1, 0.15) is 19.8 Å². The second-order valence-electron chi connectivity index (χ2n) is 2.56. The molecule has 0 aliphatic carbocycles. The summed E-state index contributed by atoms with van der Waals surface area (Å²) in [5.74, 6) is -0.587. The molecule has 62 valence electrons. The van der Waals surface area contributed by atoms with E-state index in [1.165, 1.54) is 0 Å². The van der Waals surface area contributed by atoms with Crippen LogP contribution >= 0.6 is 11.6 Å². The van der Waals surface area contributed by atoms with Gasteiger partial charge in [-0.3, -0.25) is 9.59 Å². The van der Waals surface area contributed by atoms with E-state index < -0.39 is 11.3 Å². The van der Waals surface area contributed by atoms with Crippen molar-refractivity contribution >= 4 is 22.8 Å². The number of esters is 1. The molecular weight excluding hydrogens is 168 g/mol. The van der Waals surface area contributed by atoms with Crippen LogP contribution < -0.4 is 0 Å². The third kappa shape index (κ3) is 1.53. The SMILES string of the molecule is CCC[C@@H]1C(=O)O[C@H]1C(=O)Cl. The predicted molar refractivity (Wildman–Crippen MR) is 39.1 cm³/mol. The second-order valence-corrected chi connectivity index (χ2v) is 2.93. The maximum Gasteiger partial charge on any atom is 0.314 e. The highest BCUT2D eigenvalue weighted by molar-refractivity contribution is 6.65. The summed E-state index contributed by atoms with van der Waals surface area (Å²) in [6.45, 7) is 1.95. The summed E-state index contributed by atoms with van der Waals surface area (Å²) in [5, 5.41) is -0.567. The quantitative estimate of drug-likeness (QED) is 0.478. The van der Waals surface area contributed by atoms with Crippen LogP contribution in [0.4, 0.5) is 0 Å². The van der Waals surface area contributed by atoms with Gasteiger partial charge in [0.2, 0.25) is 0 Å². The minimum atomic E-state index is -0.677. The number of hydrogen-bond acceptors (Lipinski definition) is 3. The molecule has 2 atom stereocenters. The Morgan fingerprint density at radius 2 is 2.36 bits per heavy atom. The van der Waals surface area contributed by atoms with Crippen molar-refractivity contribution in [1.82, 2.24) is 0 Å². The Balaban J connectivity index is 2.47. The number of halogens is 1. The van der Waals surface area contributed by atoms with Gasteiger partial charge in [-0.25, -0.2) is 0 Å². The van der Waals surface area contributed by atoms with Gasteiger partial charge >= 0.3 is 5.97 Å². The first kappa shape index (κ1) is 8.53. The van der Waals surface area contributed by atoms with Gasteiger partial charge in [0, 0.05) is 0 Å². The number of carbonyl (C=O) groups excluding carboxylic acids is 2. The van der Waals surface area contributed by atoms with E-state index in [0.29, 0.717) is 6.42 Å². The van der Waals surface area contributed by atoms with Crippen molar-refractivity contribution < 1.29 is 14.3 Å². The lowest BCUT2D eigenvalue weighted by Crippen LogP contribution is -2.48. The smallest absolute Gasteiger partial charge is 0.314 e. The molecule has 1 rings (SSSR count). The normalized spacial score (nSPS) is 29.1. The van der Waals surface area contributed by atoms with Crippen LogP contribution in [0.2, 0.25) is 0 Å². The molecule has 0 unspecified atom stereocenters. The van der Waals surface area contributed by atoms with Crippen molar-refractivity contribution in [1.29, 1.82) is 0 Å². The zero-order valence-corrected chi connectivity index (χ0v) is 6.93. The summed E-state index contributed by atoms with van der Waals surface area (Å²) < 4.78 is 4.55. The van der Waals surface area contributed by atoms with Crippen LogP contribution in [0.5, 0.6) is 0 Å². The fourth-order valence-corrected chi connectivity index (χ4v) is 1.33. The second kappa shape index (κ2) is 3.22. The first-order chi connectivity index (χ1) is 5.16. The van der Waals surface area contributed by atoms with Crippen molar-refractivity contribution in [2.45, 2.75) is 25.9 Å². The summed E-state index contributed by atoms with van der Waals surface area (Å²) in [6.07, 6.45) is 0.867. The van der Waals surface area contributed by atoms with Crippen molar-refractivity contribution in [3.8, 4) is 0 Å². The molecule has 1 fully saturated rings. The highest BCUT2D eigenvalue weighted by atomic mass is 35.5. The molecule has 11 heavy (non-hydrogen) atoms. The van der Waals surface area contributed by atoms with Crippen LogP contribution in [0.25, 0.3) is 0 Å². The molecule has 1 saturated heterocycles. The van der Waals surface area contributed by atoms with Gasteiger partial charge in [0.15, 0.2) is 6.10 Å². The first-order valence-electron chi connectivity index (χ1n) is 3.56. The van der Waals surface area contributed by atoms with Crippen molar-refractivity contribution in [2.24, 2.45) is 5.92 Å². The molecule has 0 spiro atoms. The average molecular weight is 177 g/mol. The first-order valence-corrected chi connectivity index (χ1v) is 3.94. The Kier molecular flexibility index (Phi) is 2.49. The molecular formula is C7H9ClO3. The van der Waals surface area contributed by atoms with Gasteiger partial charge in [-0.05, 0) is 18.0 Å². The Labute approximate surface area is 69.7 Å². The van der Waals surface area contributed by atoms with E-state index in [1.54, 1.807) is 0 Å². The number of rotatable bonds is 3. The molecule has 0 aromatic heterocycles. The van der Waals surface area contributed by atoms with Crippen LogP contribution in [0, 0.1) is 5.92 Å². The van der Waals surface area contributed by atoms with E-state index in [0.717, 1.165) is 6.42 Å². The Morgan fingerprint density at radius 3 is 2.73 bits per heavy atom. The number of carbonyl (C=O) groups is 2. The van der Waals surface area contributed by atoms with Crippen LogP contribution in [0.3, 0.4) is 0 Å². The van der Waals surface area contributed by atoms with Gasteiger partial charge in [0.1, 0.15) is 5.92 Å². The fraction of sp³-hybridized carbons (Fsp3) is 0.714. The topological polar surface area (TPSA) is 43.4 Å². The highest BCUT2D eigenvalue weighted by Crippen LogP contribution is 2.28. The molecule has 1 aliphatic heterocycles. The van der Waals surface area contributed by atoms with E-state index in [9.17, 15) is 9.59 Å². The predicted octanol–water partition coefficient (Wildman–Crippen LogP) is 1.09. The maximum atomic E-state index is 10.7. The van der Waals surface area contributed by atoms with Crippen LogP contribution in [0.15, 0.2) is 0 Å². The van der Waals surface area contributed by atoms with Crippen LogP contribution in [-0.2, 0) is 14.3 Å². The molecule has 0 saturated carbocycles. The molecule has 0 N–H and O–H groups in total. The van der Waals surface area contributed by atoms with Gasteiger partial charge in [0.25, 0.3) is 5.24 Å². The molecule has 1 heterocycles. The maximum absolute atomic E-state index is 10.7. The monoisotopic (exact) mass is 176 g/mol. The molecule has 0 radical (unpaired) electrons. The van der Waals surface area contributed by atoms with Crippen molar-refractivity contribution in [3.05, 3.63) is 0 Å². The van der Waals surface area contributed by atoms with E-state index in [-0.39, 0.29) is 11.9 Å². The lowest BCUT2D eigenvalue weighted by Gasteiger charge is -2.31. The summed E-state index contributed by atoms with van der Waals surface area (Å²) >= 11 is 5.16. The zero-order valence-electron chi connectivity index (χ0n) is 6.17. The average Bonchev–Trinajstić information content (AvgIpc) is 1.95. The summed E-state index contributed by atoms with van der Waals surface area (Å²) in [4.78, 5) is 21.2. The Morgan fingerprint density at radius 1 is 1.73 bits per heavy atom. The van der Waals surface area contributed by atoms with Gasteiger partial charge < -0.3 is 4.74 Å². The lowest BCUT2D eigenvalue weighted by atomic mass is 9.93. The molecule has 3 nitrogen and oxygen atoms in total. The summed E-state index contributed by atoms with van der Waals surface area (Å²) in [7, 11) is 0. The minimum absolute atomic E-state index is 0.287. The van der Waals surface area contributed by atoms with Crippen molar-refractivity contribution in [3.63, 3.8) is 0 Å². The summed E-state index contributed by atoms with van der Waals surface area (Å²) in [5.41, 5.74) is 0. The summed E-state index contributed by atoms with van der Waals surface area (Å²) in [6, 6.07) is 0. The molecule has 0 amide bonds.